The molecule has 1 aliphatic rings. The number of hydrogen-bond donors (Lipinski definition) is 0. The highest BCUT2D eigenvalue weighted by Gasteiger charge is 2.18. The molecule has 0 saturated heterocycles. The molecule has 0 unspecified atom stereocenters. The smallest absolute Gasteiger partial charge is 0.0991 e. The van der Waals surface area contributed by atoms with Gasteiger partial charge in [-0.05, 0) is 61.9 Å². The first kappa shape index (κ1) is 41.4. The minimum Gasteiger partial charge on any atom is -0.192 e. The van der Waals surface area contributed by atoms with Crippen LogP contribution >= 0.6 is 0 Å². The van der Waals surface area contributed by atoms with E-state index in [1.165, 1.54) is 18.4 Å². The Morgan fingerprint density at radius 3 is 1.78 bits per heavy atom. The van der Waals surface area contributed by atoms with Crippen molar-refractivity contribution in [1.29, 1.82) is 5.26 Å². The molecule has 2 rings (SSSR count). The molecule has 0 bridgehead atoms. The van der Waals surface area contributed by atoms with Gasteiger partial charge in [-0.1, -0.05) is 123 Å². The fourth-order valence-electron chi connectivity index (χ4n) is 3.57. The molecule has 2 nitrogen and oxygen atoms in total. The lowest BCUT2D eigenvalue weighted by Gasteiger charge is -2.23. The monoisotopic (exact) mass is 512 g/mol. The van der Waals surface area contributed by atoms with Crippen molar-refractivity contribution in [2.24, 2.45) is 5.92 Å². The SMILES string of the molecule is C#C.CC.CC.CC.CC.CCCC(C/C=C(/C1=CC=C(C)CC1)N(F)c1ccc(C#N)cc1)CCC. The highest BCUT2D eigenvalue weighted by atomic mass is 19.2. The molecule has 0 aromatic heterocycles. The molecule has 0 spiro atoms. The molecule has 0 heterocycles. The van der Waals surface area contributed by atoms with Crippen LogP contribution in [0.3, 0.4) is 0 Å². The van der Waals surface area contributed by atoms with Crippen molar-refractivity contribution in [3.63, 3.8) is 0 Å². The van der Waals surface area contributed by atoms with Gasteiger partial charge >= 0.3 is 0 Å². The molecule has 0 fully saturated rings. The topological polar surface area (TPSA) is 27.0 Å². The summed E-state index contributed by atoms with van der Waals surface area (Å²) in [4.78, 5) is 0. The number of rotatable bonds is 9. The number of benzene rings is 1. The van der Waals surface area contributed by atoms with Crippen molar-refractivity contribution in [1.82, 2.24) is 0 Å². The first-order valence-corrected chi connectivity index (χ1v) is 14.4. The van der Waals surface area contributed by atoms with E-state index in [0.717, 1.165) is 42.8 Å². The van der Waals surface area contributed by atoms with E-state index in [9.17, 15) is 0 Å². The maximum atomic E-state index is 15.4. The van der Waals surface area contributed by atoms with E-state index in [1.54, 1.807) is 24.3 Å². The van der Waals surface area contributed by atoms with Gasteiger partial charge in [-0.3, -0.25) is 0 Å². The first-order chi connectivity index (χ1) is 18.1. The van der Waals surface area contributed by atoms with Crippen LogP contribution in [0.4, 0.5) is 10.2 Å². The van der Waals surface area contributed by atoms with E-state index in [1.807, 2.05) is 55.4 Å². The van der Waals surface area contributed by atoms with Crippen LogP contribution in [-0.2, 0) is 0 Å². The van der Waals surface area contributed by atoms with Gasteiger partial charge in [0.25, 0.3) is 0 Å². The first-order valence-electron chi connectivity index (χ1n) is 14.4. The maximum absolute atomic E-state index is 15.4. The molecule has 3 heteroatoms. The number of anilines is 1. The molecule has 0 aliphatic heterocycles. The van der Waals surface area contributed by atoms with E-state index in [-0.39, 0.29) is 0 Å². The van der Waals surface area contributed by atoms with Crippen molar-refractivity contribution in [2.75, 3.05) is 5.12 Å². The number of nitriles is 1. The zero-order chi connectivity index (χ0) is 29.6. The Balaban J connectivity index is -0.000000486. The molecule has 1 aromatic carbocycles. The van der Waals surface area contributed by atoms with Gasteiger partial charge < -0.3 is 0 Å². The third kappa shape index (κ3) is 18.2. The highest BCUT2D eigenvalue weighted by Crippen LogP contribution is 2.32. The van der Waals surface area contributed by atoms with Gasteiger partial charge in [0.1, 0.15) is 0 Å². The largest absolute Gasteiger partial charge is 0.192 e. The van der Waals surface area contributed by atoms with Crippen molar-refractivity contribution in [2.45, 2.75) is 121 Å². The van der Waals surface area contributed by atoms with Gasteiger partial charge in [0, 0.05) is 0 Å². The van der Waals surface area contributed by atoms with E-state index < -0.39 is 0 Å². The van der Waals surface area contributed by atoms with Crippen molar-refractivity contribution in [3.05, 3.63) is 64.9 Å². The highest BCUT2D eigenvalue weighted by molar-refractivity contribution is 5.56. The number of halogens is 1. The predicted octanol–water partition coefficient (Wildman–Crippen LogP) is 11.8. The van der Waals surface area contributed by atoms with Gasteiger partial charge in [0.05, 0.1) is 23.0 Å². The normalized spacial score (nSPS) is 11.4. The Labute approximate surface area is 231 Å². The van der Waals surface area contributed by atoms with Crippen molar-refractivity contribution in [3.8, 4) is 18.9 Å². The number of terminal acetylenes is 1. The number of allylic oxidation sites excluding steroid dienone is 5. The lowest BCUT2D eigenvalue weighted by Crippen LogP contribution is -2.15. The molecule has 0 saturated carbocycles. The van der Waals surface area contributed by atoms with Crippen LogP contribution in [0.1, 0.15) is 127 Å². The zero-order valence-corrected chi connectivity index (χ0v) is 26.0. The summed E-state index contributed by atoms with van der Waals surface area (Å²) < 4.78 is 15.4. The average molecular weight is 513 g/mol. The van der Waals surface area contributed by atoms with Crippen molar-refractivity contribution < 1.29 is 4.48 Å². The summed E-state index contributed by atoms with van der Waals surface area (Å²) in [5.41, 5.74) is 4.03. The summed E-state index contributed by atoms with van der Waals surface area (Å²) in [6.45, 7) is 22.5. The van der Waals surface area contributed by atoms with Crippen LogP contribution in [-0.4, -0.2) is 0 Å². The maximum Gasteiger partial charge on any atom is 0.0991 e. The summed E-state index contributed by atoms with van der Waals surface area (Å²) in [6.07, 6.45) is 21.6. The van der Waals surface area contributed by atoms with Crippen LogP contribution in [0.15, 0.2) is 59.3 Å². The number of hydrogen-bond acceptors (Lipinski definition) is 2. The van der Waals surface area contributed by atoms with Gasteiger partial charge in [0.15, 0.2) is 0 Å². The average Bonchev–Trinajstić information content (AvgIpc) is 2.99. The molecule has 0 atom stereocenters. The lowest BCUT2D eigenvalue weighted by molar-refractivity contribution is 0.438. The molecule has 1 aromatic rings. The Bertz CT molecular complexity index is 770. The fraction of sp³-hybridized carbons (Fsp3) is 0.559. The van der Waals surface area contributed by atoms with Crippen LogP contribution in [0.25, 0.3) is 0 Å². The molecule has 37 heavy (non-hydrogen) atoms. The fourth-order valence-corrected chi connectivity index (χ4v) is 3.57. The molecular weight excluding hydrogens is 455 g/mol. The zero-order valence-electron chi connectivity index (χ0n) is 26.0. The molecular formula is C34H57FN2. The molecule has 1 aliphatic carbocycles. The number of nitrogens with zero attached hydrogens (tertiary/aromatic N) is 2. The second kappa shape index (κ2) is 31.3. The van der Waals surface area contributed by atoms with E-state index in [0.29, 0.717) is 22.9 Å². The molecule has 0 amide bonds. The Morgan fingerprint density at radius 2 is 1.41 bits per heavy atom. The molecule has 210 valence electrons. The predicted molar refractivity (Wildman–Crippen MR) is 167 cm³/mol. The summed E-state index contributed by atoms with van der Waals surface area (Å²) >= 11 is 0. The third-order valence-electron chi connectivity index (χ3n) is 5.16. The van der Waals surface area contributed by atoms with E-state index >= 15 is 4.48 Å². The van der Waals surface area contributed by atoms with Crippen LogP contribution < -0.4 is 5.12 Å². The van der Waals surface area contributed by atoms with E-state index in [2.05, 4.69) is 57.9 Å². The summed E-state index contributed by atoms with van der Waals surface area (Å²) in [6, 6.07) is 8.76. The minimum absolute atomic E-state index is 0.468. The van der Waals surface area contributed by atoms with E-state index in [4.69, 9.17) is 5.26 Å². The second-order valence-corrected chi connectivity index (χ2v) is 7.41. The second-order valence-electron chi connectivity index (χ2n) is 7.41. The van der Waals surface area contributed by atoms with Gasteiger partial charge in [-0.15, -0.1) is 12.8 Å². The summed E-state index contributed by atoms with van der Waals surface area (Å²) in [5, 5.41) is 9.76. The van der Waals surface area contributed by atoms with Crippen LogP contribution in [0, 0.1) is 30.1 Å². The van der Waals surface area contributed by atoms with Crippen molar-refractivity contribution >= 4 is 5.69 Å². The summed E-state index contributed by atoms with van der Waals surface area (Å²) in [5.74, 6) is 0.603. The standard InChI is InChI=1S/C24H31FN2.4C2H6.C2H2/c1-4-6-20(7-5-2)12-17-24(22-13-8-19(3)9-14-22)27(25)23-15-10-21(18-26)11-16-23;5*1-2/h8,10-11,13,15-17,20H,4-7,9,12,14H2,1-3H3;4*1-2H3;1-2H/b24-17-;;;;;. The van der Waals surface area contributed by atoms with Gasteiger partial charge in [0.2, 0.25) is 0 Å². The van der Waals surface area contributed by atoms with Crippen LogP contribution in [0.2, 0.25) is 0 Å². The third-order valence-corrected chi connectivity index (χ3v) is 5.16. The van der Waals surface area contributed by atoms with Crippen LogP contribution in [0.5, 0.6) is 0 Å². The lowest BCUT2D eigenvalue weighted by atomic mass is 9.92. The molecule has 0 radical (unpaired) electrons. The van der Waals surface area contributed by atoms with Gasteiger partial charge in [-0.2, -0.15) is 10.4 Å². The summed E-state index contributed by atoms with van der Waals surface area (Å²) in [7, 11) is 0. The quantitative estimate of drug-likeness (QED) is 0.243. The Morgan fingerprint density at radius 1 is 0.919 bits per heavy atom. The van der Waals surface area contributed by atoms with Gasteiger partial charge in [-0.25, -0.2) is 0 Å². The molecule has 0 N–H and O–H groups in total. The Hall–Kier alpha value is -2.78. The Kier molecular flexibility index (Phi) is 34.9. The minimum atomic E-state index is 0.468.